The molecule has 1 rings (SSSR count). The molecule has 1 aromatic heterocycles. The molecule has 0 aromatic carbocycles. The molecule has 1 aromatic rings. The van der Waals surface area contributed by atoms with Crippen LogP contribution in [-0.4, -0.2) is 17.6 Å². The predicted octanol–water partition coefficient (Wildman–Crippen LogP) is 0.870. The maximum absolute atomic E-state index is 11.0. The molecule has 1 heterocycles. The first-order chi connectivity index (χ1) is 7.13. The van der Waals surface area contributed by atoms with Gasteiger partial charge >= 0.3 is 11.1 Å². The van der Waals surface area contributed by atoms with Gasteiger partial charge in [0.15, 0.2) is 18.1 Å². The Kier molecular flexibility index (Phi) is 4.44. The van der Waals surface area contributed by atoms with Gasteiger partial charge in [0.1, 0.15) is 0 Å². The number of aryl methyl sites for hydroxylation is 1. The summed E-state index contributed by atoms with van der Waals surface area (Å²) in [6.45, 7) is 1.86. The van der Waals surface area contributed by atoms with Gasteiger partial charge < -0.3 is 19.3 Å². The Hall–Kier alpha value is -1.21. The van der Waals surface area contributed by atoms with E-state index >= 15 is 0 Å². The molecule has 0 saturated carbocycles. The Bertz CT molecular complexity index is 383. The van der Waals surface area contributed by atoms with Gasteiger partial charge in [0.25, 0.3) is 0 Å². The minimum atomic E-state index is -0.798. The van der Waals surface area contributed by atoms with Gasteiger partial charge in [-0.2, -0.15) is 0 Å². The van der Waals surface area contributed by atoms with Gasteiger partial charge in [-0.15, -0.1) is 0 Å². The van der Waals surface area contributed by atoms with Crippen LogP contribution in [0.2, 0.25) is 0 Å². The fourth-order valence-electron chi connectivity index (χ4n) is 0.815. The van der Waals surface area contributed by atoms with Crippen molar-refractivity contribution in [1.29, 1.82) is 0 Å². The number of nitrogens with two attached hydrogens (primary N) is 1. The summed E-state index contributed by atoms with van der Waals surface area (Å²) in [7, 11) is 0. The van der Waals surface area contributed by atoms with Crippen molar-refractivity contribution in [2.75, 3.05) is 12.3 Å². The van der Waals surface area contributed by atoms with E-state index in [2.05, 4.69) is 8.83 Å². The van der Waals surface area contributed by atoms with E-state index in [1.807, 2.05) is 0 Å². The topological polar surface area (TPSA) is 95.7 Å². The van der Waals surface area contributed by atoms with E-state index in [0.717, 1.165) is 11.8 Å². The third-order valence-electron chi connectivity index (χ3n) is 1.49. The molecular weight excluding hydrogens is 222 g/mol. The molecule has 2 N–H and O–H groups in total. The van der Waals surface area contributed by atoms with Crippen molar-refractivity contribution in [3.05, 3.63) is 22.1 Å². The van der Waals surface area contributed by atoms with Crippen LogP contribution in [0.15, 0.2) is 13.6 Å². The molecule has 0 aliphatic carbocycles. The maximum atomic E-state index is 11.0. The summed E-state index contributed by atoms with van der Waals surface area (Å²) in [5.41, 5.74) is 5.21. The van der Waals surface area contributed by atoms with Gasteiger partial charge in [-0.3, -0.25) is 0 Å². The molecule has 15 heavy (non-hydrogen) atoms. The summed E-state index contributed by atoms with van der Waals surface area (Å²) >= 11 is 0.972. The smallest absolute Gasteiger partial charge is 0.449 e. The highest BCUT2D eigenvalue weighted by Crippen LogP contribution is 2.10. The number of carbonyl (C=O) groups excluding carboxylic acids is 1. The largest absolute Gasteiger partial charge is 0.519 e. The van der Waals surface area contributed by atoms with Crippen molar-refractivity contribution in [2.45, 2.75) is 13.5 Å². The van der Waals surface area contributed by atoms with Crippen LogP contribution in [0.4, 0.5) is 4.79 Å². The third-order valence-corrected chi connectivity index (χ3v) is 2.29. The Morgan fingerprint density at radius 3 is 2.80 bits per heavy atom. The minimum Gasteiger partial charge on any atom is -0.449 e. The average molecular weight is 233 g/mol. The van der Waals surface area contributed by atoms with E-state index in [9.17, 15) is 9.59 Å². The molecule has 0 aliphatic rings. The second-order valence-corrected chi connectivity index (χ2v) is 3.64. The lowest BCUT2D eigenvalue weighted by atomic mass is 10.4. The molecule has 6 nitrogen and oxygen atoms in total. The van der Waals surface area contributed by atoms with Crippen LogP contribution in [0, 0.1) is 6.92 Å². The fourth-order valence-corrected chi connectivity index (χ4v) is 1.24. The van der Waals surface area contributed by atoms with E-state index < -0.39 is 11.1 Å². The van der Waals surface area contributed by atoms with Crippen molar-refractivity contribution < 1.29 is 18.4 Å². The summed E-state index contributed by atoms with van der Waals surface area (Å²) in [4.78, 5) is 21.7. The SMILES string of the molecule is Cc1oc(=O)oc1COC(=O)SCCN. The third kappa shape index (κ3) is 3.80. The molecule has 0 bridgehead atoms. The van der Waals surface area contributed by atoms with E-state index in [0.29, 0.717) is 18.1 Å². The van der Waals surface area contributed by atoms with Gasteiger partial charge in [-0.1, -0.05) is 0 Å². The monoisotopic (exact) mass is 233 g/mol. The highest BCUT2D eigenvalue weighted by Gasteiger charge is 2.11. The molecule has 0 spiro atoms. The van der Waals surface area contributed by atoms with Crippen LogP contribution >= 0.6 is 11.8 Å². The van der Waals surface area contributed by atoms with Crippen molar-refractivity contribution in [3.8, 4) is 0 Å². The van der Waals surface area contributed by atoms with E-state index in [1.54, 1.807) is 6.92 Å². The molecule has 0 aliphatic heterocycles. The molecule has 0 amide bonds. The zero-order valence-corrected chi connectivity index (χ0v) is 8.96. The van der Waals surface area contributed by atoms with Gasteiger partial charge in [0.2, 0.25) is 0 Å². The van der Waals surface area contributed by atoms with Crippen LogP contribution in [-0.2, 0) is 11.3 Å². The molecule has 0 atom stereocenters. The van der Waals surface area contributed by atoms with Crippen LogP contribution in [0.5, 0.6) is 0 Å². The number of hydrogen-bond acceptors (Lipinski definition) is 7. The minimum absolute atomic E-state index is 0.103. The molecule has 0 fully saturated rings. The standard InChI is InChI=1S/C8H11NO5S/c1-5-6(14-7(10)13-5)4-12-8(11)15-3-2-9/h2-4,9H2,1H3. The lowest BCUT2D eigenvalue weighted by Crippen LogP contribution is -2.06. The zero-order chi connectivity index (χ0) is 11.3. The number of hydrogen-bond donors (Lipinski definition) is 1. The molecule has 0 unspecified atom stereocenters. The lowest BCUT2D eigenvalue weighted by Gasteiger charge is -2.00. The zero-order valence-electron chi connectivity index (χ0n) is 8.15. The number of carbonyl (C=O) groups is 1. The Labute approximate surface area is 89.8 Å². The molecule has 7 heteroatoms. The molecule has 0 radical (unpaired) electrons. The van der Waals surface area contributed by atoms with Crippen LogP contribution in [0.3, 0.4) is 0 Å². The molecule has 0 saturated heterocycles. The first kappa shape index (κ1) is 11.9. The summed E-state index contributed by atoms with van der Waals surface area (Å²) in [6.07, 6.45) is 0. The van der Waals surface area contributed by atoms with E-state index in [1.165, 1.54) is 0 Å². The number of thioether (sulfide) groups is 1. The van der Waals surface area contributed by atoms with Crippen LogP contribution < -0.4 is 11.6 Å². The van der Waals surface area contributed by atoms with Crippen LogP contribution in [0.1, 0.15) is 11.5 Å². The second-order valence-electron chi connectivity index (χ2n) is 2.61. The Morgan fingerprint density at radius 2 is 2.27 bits per heavy atom. The van der Waals surface area contributed by atoms with Crippen molar-refractivity contribution >= 4 is 17.1 Å². The van der Waals surface area contributed by atoms with Gasteiger partial charge in [-0.25, -0.2) is 9.59 Å². The number of ether oxygens (including phenoxy) is 1. The molecular formula is C8H11NO5S. The second kappa shape index (κ2) is 5.62. The predicted molar refractivity (Wildman–Crippen MR) is 53.7 cm³/mol. The first-order valence-corrected chi connectivity index (χ1v) is 5.21. The lowest BCUT2D eigenvalue weighted by molar-refractivity contribution is 0.158. The highest BCUT2D eigenvalue weighted by atomic mass is 32.2. The summed E-state index contributed by atoms with van der Waals surface area (Å²) in [6, 6.07) is 0. The van der Waals surface area contributed by atoms with Crippen molar-refractivity contribution in [3.63, 3.8) is 0 Å². The van der Waals surface area contributed by atoms with Gasteiger partial charge in [0, 0.05) is 12.3 Å². The maximum Gasteiger partial charge on any atom is 0.519 e. The average Bonchev–Trinajstić information content (AvgIpc) is 2.51. The normalized spacial score (nSPS) is 10.3. The van der Waals surface area contributed by atoms with Gasteiger partial charge in [-0.05, 0) is 18.7 Å². The van der Waals surface area contributed by atoms with Gasteiger partial charge in [0.05, 0.1) is 0 Å². The van der Waals surface area contributed by atoms with E-state index in [-0.39, 0.29) is 12.4 Å². The number of rotatable bonds is 4. The fraction of sp³-hybridized carbons (Fsp3) is 0.500. The quantitative estimate of drug-likeness (QED) is 0.770. The Balaban J connectivity index is 2.40. The summed E-state index contributed by atoms with van der Waals surface area (Å²) in [5, 5.41) is -0.455. The van der Waals surface area contributed by atoms with E-state index in [4.69, 9.17) is 10.5 Å². The first-order valence-electron chi connectivity index (χ1n) is 4.22. The Morgan fingerprint density at radius 1 is 1.53 bits per heavy atom. The molecule has 84 valence electrons. The van der Waals surface area contributed by atoms with Crippen LogP contribution in [0.25, 0.3) is 0 Å². The van der Waals surface area contributed by atoms with Crippen molar-refractivity contribution in [1.82, 2.24) is 0 Å². The summed E-state index contributed by atoms with van der Waals surface area (Å²) < 4.78 is 14.0. The highest BCUT2D eigenvalue weighted by molar-refractivity contribution is 8.13. The van der Waals surface area contributed by atoms with Crippen molar-refractivity contribution in [2.24, 2.45) is 5.73 Å². The summed E-state index contributed by atoms with van der Waals surface area (Å²) in [5.74, 6) is 0.235.